The van der Waals surface area contributed by atoms with Crippen LogP contribution in [0, 0.1) is 0 Å². The lowest BCUT2D eigenvalue weighted by atomic mass is 10.3. The smallest absolute Gasteiger partial charge is 0.0308 e. The molecule has 2 aromatic rings. The van der Waals surface area contributed by atoms with Crippen molar-refractivity contribution >= 4 is 21.6 Å². The molecular formula is C12H12N2S2. The van der Waals surface area contributed by atoms with Crippen molar-refractivity contribution in [2.45, 2.75) is 11.5 Å². The van der Waals surface area contributed by atoms with Crippen LogP contribution in [0.15, 0.2) is 49.1 Å². The molecule has 2 aromatic heterocycles. The molecule has 0 fully saturated rings. The predicted octanol–water partition coefficient (Wildman–Crippen LogP) is 3.56. The molecular weight excluding hydrogens is 236 g/mol. The fourth-order valence-corrected chi connectivity index (χ4v) is 3.28. The van der Waals surface area contributed by atoms with Gasteiger partial charge in [-0.05, 0) is 23.3 Å². The van der Waals surface area contributed by atoms with Gasteiger partial charge >= 0.3 is 0 Å². The van der Waals surface area contributed by atoms with Gasteiger partial charge in [0.2, 0.25) is 0 Å². The summed E-state index contributed by atoms with van der Waals surface area (Å²) >= 11 is 0. The van der Waals surface area contributed by atoms with Crippen molar-refractivity contribution < 1.29 is 0 Å². The standard InChI is InChI=1S/C12H12N2S2/c1-3-11(7-13-5-1)9-15-16-10-12-4-2-6-14-8-12/h1-8H,9-10H2. The molecule has 0 aliphatic carbocycles. The SMILES string of the molecule is c1cncc(CSSCc2cccnc2)c1. The van der Waals surface area contributed by atoms with Crippen LogP contribution in [0.2, 0.25) is 0 Å². The molecule has 0 radical (unpaired) electrons. The molecule has 0 aliphatic rings. The summed E-state index contributed by atoms with van der Waals surface area (Å²) < 4.78 is 0. The molecule has 2 nitrogen and oxygen atoms in total. The lowest BCUT2D eigenvalue weighted by molar-refractivity contribution is 1.25. The van der Waals surface area contributed by atoms with Crippen LogP contribution < -0.4 is 0 Å². The van der Waals surface area contributed by atoms with Gasteiger partial charge in [0, 0.05) is 36.3 Å². The number of rotatable bonds is 5. The van der Waals surface area contributed by atoms with Gasteiger partial charge in [0.25, 0.3) is 0 Å². The van der Waals surface area contributed by atoms with Gasteiger partial charge in [0.15, 0.2) is 0 Å². The molecule has 0 saturated heterocycles. The number of hydrogen-bond acceptors (Lipinski definition) is 4. The molecule has 0 saturated carbocycles. The van der Waals surface area contributed by atoms with E-state index >= 15 is 0 Å². The van der Waals surface area contributed by atoms with Crippen LogP contribution in [0.1, 0.15) is 11.1 Å². The number of nitrogens with zero attached hydrogens (tertiary/aromatic N) is 2. The number of hydrogen-bond donors (Lipinski definition) is 0. The molecule has 82 valence electrons. The molecule has 0 amide bonds. The van der Waals surface area contributed by atoms with E-state index in [0.717, 1.165) is 11.5 Å². The van der Waals surface area contributed by atoms with Crippen molar-refractivity contribution in [1.82, 2.24) is 9.97 Å². The summed E-state index contributed by atoms with van der Waals surface area (Å²) in [4.78, 5) is 8.18. The Bertz CT molecular complexity index is 364. The third-order valence-corrected chi connectivity index (χ3v) is 4.26. The second-order valence-corrected chi connectivity index (χ2v) is 5.71. The monoisotopic (exact) mass is 248 g/mol. The predicted molar refractivity (Wildman–Crippen MR) is 71.1 cm³/mol. The summed E-state index contributed by atoms with van der Waals surface area (Å²) in [7, 11) is 3.70. The van der Waals surface area contributed by atoms with E-state index in [1.165, 1.54) is 11.1 Å². The molecule has 0 atom stereocenters. The quantitative estimate of drug-likeness (QED) is 0.597. The molecule has 2 rings (SSSR count). The Morgan fingerprint density at radius 1 is 0.812 bits per heavy atom. The highest BCUT2D eigenvalue weighted by Crippen LogP contribution is 2.28. The third-order valence-electron chi connectivity index (χ3n) is 1.98. The zero-order valence-electron chi connectivity index (χ0n) is 8.74. The van der Waals surface area contributed by atoms with Crippen molar-refractivity contribution in [3.63, 3.8) is 0 Å². The maximum atomic E-state index is 4.09. The minimum absolute atomic E-state index is 0.999. The number of aromatic nitrogens is 2. The summed E-state index contributed by atoms with van der Waals surface area (Å²) in [6, 6.07) is 8.15. The van der Waals surface area contributed by atoms with Crippen molar-refractivity contribution in [2.24, 2.45) is 0 Å². The Kier molecular flexibility index (Phi) is 4.70. The summed E-state index contributed by atoms with van der Waals surface area (Å²) in [6.07, 6.45) is 7.43. The Morgan fingerprint density at radius 2 is 1.31 bits per heavy atom. The molecule has 4 heteroatoms. The van der Waals surface area contributed by atoms with E-state index in [2.05, 4.69) is 22.1 Å². The van der Waals surface area contributed by atoms with E-state index in [0.29, 0.717) is 0 Å². The van der Waals surface area contributed by atoms with Crippen LogP contribution >= 0.6 is 21.6 Å². The van der Waals surface area contributed by atoms with Crippen LogP contribution in [0.3, 0.4) is 0 Å². The van der Waals surface area contributed by atoms with Crippen LogP contribution in [0.4, 0.5) is 0 Å². The first-order valence-corrected chi connectivity index (χ1v) is 7.46. The zero-order chi connectivity index (χ0) is 11.1. The fraction of sp³-hybridized carbons (Fsp3) is 0.167. The lowest BCUT2D eigenvalue weighted by Crippen LogP contribution is -1.81. The normalized spacial score (nSPS) is 10.2. The minimum Gasteiger partial charge on any atom is -0.264 e. The Hall–Kier alpha value is -1.00. The molecule has 0 aliphatic heterocycles. The first-order valence-electron chi connectivity index (χ1n) is 4.97. The third kappa shape index (κ3) is 3.87. The van der Waals surface area contributed by atoms with Gasteiger partial charge < -0.3 is 0 Å². The van der Waals surface area contributed by atoms with Gasteiger partial charge in [-0.25, -0.2) is 0 Å². The van der Waals surface area contributed by atoms with Crippen LogP contribution in [0.25, 0.3) is 0 Å². The lowest BCUT2D eigenvalue weighted by Gasteiger charge is -2.00. The first kappa shape index (κ1) is 11.5. The highest BCUT2D eigenvalue weighted by molar-refractivity contribution is 8.76. The second-order valence-electron chi connectivity index (χ2n) is 3.25. The summed E-state index contributed by atoms with van der Waals surface area (Å²) in [5.74, 6) is 2.00. The summed E-state index contributed by atoms with van der Waals surface area (Å²) in [5.41, 5.74) is 2.54. The van der Waals surface area contributed by atoms with Gasteiger partial charge in [0.05, 0.1) is 0 Å². The van der Waals surface area contributed by atoms with E-state index < -0.39 is 0 Å². The van der Waals surface area contributed by atoms with E-state index in [9.17, 15) is 0 Å². The van der Waals surface area contributed by atoms with Crippen LogP contribution in [0.5, 0.6) is 0 Å². The highest BCUT2D eigenvalue weighted by atomic mass is 33.1. The van der Waals surface area contributed by atoms with Gasteiger partial charge in [-0.2, -0.15) is 0 Å². The maximum Gasteiger partial charge on any atom is 0.0308 e. The Morgan fingerprint density at radius 3 is 1.69 bits per heavy atom. The van der Waals surface area contributed by atoms with Gasteiger partial charge in [-0.3, -0.25) is 9.97 Å². The maximum absolute atomic E-state index is 4.09. The molecule has 0 unspecified atom stereocenters. The van der Waals surface area contributed by atoms with Crippen molar-refractivity contribution in [2.75, 3.05) is 0 Å². The Labute approximate surface area is 103 Å². The minimum atomic E-state index is 0.999. The second kappa shape index (κ2) is 6.55. The van der Waals surface area contributed by atoms with Gasteiger partial charge in [-0.15, -0.1) is 0 Å². The average Bonchev–Trinajstić information content (AvgIpc) is 2.37. The molecule has 0 bridgehead atoms. The molecule has 0 N–H and O–H groups in total. The average molecular weight is 248 g/mol. The molecule has 0 spiro atoms. The molecule has 2 heterocycles. The molecule has 16 heavy (non-hydrogen) atoms. The zero-order valence-corrected chi connectivity index (χ0v) is 10.4. The van der Waals surface area contributed by atoms with Crippen molar-refractivity contribution in [1.29, 1.82) is 0 Å². The van der Waals surface area contributed by atoms with E-state index in [1.807, 2.05) is 46.1 Å². The summed E-state index contributed by atoms with van der Waals surface area (Å²) in [6.45, 7) is 0. The topological polar surface area (TPSA) is 25.8 Å². The van der Waals surface area contributed by atoms with Gasteiger partial charge in [0.1, 0.15) is 0 Å². The van der Waals surface area contributed by atoms with Crippen LogP contribution in [-0.4, -0.2) is 9.97 Å². The van der Waals surface area contributed by atoms with Gasteiger partial charge in [-0.1, -0.05) is 33.7 Å². The van der Waals surface area contributed by atoms with Crippen molar-refractivity contribution in [3.8, 4) is 0 Å². The first-order chi connectivity index (χ1) is 7.95. The van der Waals surface area contributed by atoms with Crippen molar-refractivity contribution in [3.05, 3.63) is 60.2 Å². The van der Waals surface area contributed by atoms with E-state index in [4.69, 9.17) is 0 Å². The summed E-state index contributed by atoms with van der Waals surface area (Å²) in [5, 5.41) is 0. The fourth-order valence-electron chi connectivity index (χ4n) is 1.19. The largest absolute Gasteiger partial charge is 0.264 e. The van der Waals surface area contributed by atoms with Crippen LogP contribution in [-0.2, 0) is 11.5 Å². The van der Waals surface area contributed by atoms with E-state index in [-0.39, 0.29) is 0 Å². The Balaban J connectivity index is 1.70. The van der Waals surface area contributed by atoms with E-state index in [1.54, 1.807) is 12.4 Å². The highest BCUT2D eigenvalue weighted by Gasteiger charge is 1.95. The molecule has 0 aromatic carbocycles. The number of pyridine rings is 2.